The van der Waals surface area contributed by atoms with Crippen LogP contribution in [0, 0.1) is 0 Å². The molecule has 27 heavy (non-hydrogen) atoms. The fourth-order valence-corrected chi connectivity index (χ4v) is 2.72. The fourth-order valence-electron chi connectivity index (χ4n) is 2.72. The highest BCUT2D eigenvalue weighted by Gasteiger charge is 2.20. The van der Waals surface area contributed by atoms with Crippen LogP contribution in [0.25, 0.3) is 0 Å². The van der Waals surface area contributed by atoms with E-state index in [4.69, 9.17) is 14.6 Å². The van der Waals surface area contributed by atoms with Crippen LogP contribution in [0.15, 0.2) is 84.9 Å². The zero-order valence-electron chi connectivity index (χ0n) is 16.3. The molecular formula is C24H28O3. The average molecular weight is 364 g/mol. The zero-order chi connectivity index (χ0) is 19.5. The van der Waals surface area contributed by atoms with E-state index < -0.39 is 0 Å². The van der Waals surface area contributed by atoms with E-state index in [9.17, 15) is 0 Å². The molecule has 0 bridgehead atoms. The van der Waals surface area contributed by atoms with Crippen LogP contribution in [0.2, 0.25) is 0 Å². The molecule has 0 fully saturated rings. The lowest BCUT2D eigenvalue weighted by atomic mass is 9.86. The highest BCUT2D eigenvalue weighted by molar-refractivity contribution is 5.33. The predicted octanol–water partition coefficient (Wildman–Crippen LogP) is 5.58. The van der Waals surface area contributed by atoms with Crippen molar-refractivity contribution in [3.8, 4) is 11.5 Å². The quantitative estimate of drug-likeness (QED) is 0.594. The molecule has 3 heteroatoms. The summed E-state index contributed by atoms with van der Waals surface area (Å²) in [4.78, 5) is 0. The van der Waals surface area contributed by atoms with Gasteiger partial charge in [-0.15, -0.1) is 0 Å². The molecule has 0 spiro atoms. The second-order valence-electron chi connectivity index (χ2n) is 6.81. The molecule has 0 aromatic heterocycles. The molecule has 0 aliphatic carbocycles. The number of aliphatic hydroxyl groups is 1. The van der Waals surface area contributed by atoms with E-state index in [-0.39, 0.29) is 5.41 Å². The summed E-state index contributed by atoms with van der Waals surface area (Å²) in [5.41, 5.74) is 2.38. The van der Waals surface area contributed by atoms with E-state index in [0.717, 1.165) is 24.2 Å². The van der Waals surface area contributed by atoms with Gasteiger partial charge in [0.15, 0.2) is 0 Å². The van der Waals surface area contributed by atoms with Gasteiger partial charge in [-0.05, 0) is 35.4 Å². The molecule has 0 radical (unpaired) electrons. The van der Waals surface area contributed by atoms with Crippen molar-refractivity contribution in [1.29, 1.82) is 0 Å². The normalized spacial score (nSPS) is 10.7. The maximum Gasteiger partial charge on any atom is 0.127 e. The van der Waals surface area contributed by atoms with Gasteiger partial charge in [0.25, 0.3) is 0 Å². The minimum atomic E-state index is -0.0145. The third-order valence-electron chi connectivity index (χ3n) is 4.16. The van der Waals surface area contributed by atoms with E-state index in [0.29, 0.717) is 13.2 Å². The Morgan fingerprint density at radius 3 is 2.00 bits per heavy atom. The number of benzene rings is 3. The van der Waals surface area contributed by atoms with Crippen molar-refractivity contribution in [2.24, 2.45) is 0 Å². The summed E-state index contributed by atoms with van der Waals surface area (Å²) in [6, 6.07) is 28.3. The molecule has 1 N–H and O–H groups in total. The van der Waals surface area contributed by atoms with E-state index in [1.807, 2.05) is 54.6 Å². The standard InChI is InChI=1S/C23H24O2.CH4O/c1-23(2,20-11-5-3-6-12-20)18-24-17-19-10-9-15-22(16-19)25-21-13-7-4-8-14-21;1-2/h3-16H,17-18H2,1-2H3;2H,1H3. The van der Waals surface area contributed by atoms with Crippen molar-refractivity contribution in [1.82, 2.24) is 0 Å². The second kappa shape index (κ2) is 10.5. The summed E-state index contributed by atoms with van der Waals surface area (Å²) in [5, 5.41) is 7.00. The third-order valence-corrected chi connectivity index (χ3v) is 4.16. The van der Waals surface area contributed by atoms with Crippen LogP contribution in [0.4, 0.5) is 0 Å². The number of aliphatic hydroxyl groups excluding tert-OH is 1. The van der Waals surface area contributed by atoms with Crippen molar-refractivity contribution in [3.63, 3.8) is 0 Å². The van der Waals surface area contributed by atoms with Crippen LogP contribution >= 0.6 is 0 Å². The predicted molar refractivity (Wildman–Crippen MR) is 110 cm³/mol. The summed E-state index contributed by atoms with van der Waals surface area (Å²) < 4.78 is 11.9. The zero-order valence-corrected chi connectivity index (χ0v) is 16.3. The molecule has 0 unspecified atom stereocenters. The van der Waals surface area contributed by atoms with E-state index in [1.54, 1.807) is 0 Å². The lowest BCUT2D eigenvalue weighted by Crippen LogP contribution is -2.24. The Morgan fingerprint density at radius 1 is 0.741 bits per heavy atom. The van der Waals surface area contributed by atoms with Crippen molar-refractivity contribution in [3.05, 3.63) is 96.1 Å². The molecule has 142 valence electrons. The number of ether oxygens (including phenoxy) is 2. The van der Waals surface area contributed by atoms with Crippen molar-refractivity contribution in [2.45, 2.75) is 25.9 Å². The average Bonchev–Trinajstić information content (AvgIpc) is 2.71. The molecule has 0 aliphatic heterocycles. The largest absolute Gasteiger partial charge is 0.457 e. The summed E-state index contributed by atoms with van der Waals surface area (Å²) in [6.07, 6.45) is 0. The Balaban J connectivity index is 0.00000126. The van der Waals surface area contributed by atoms with E-state index in [1.165, 1.54) is 5.56 Å². The first kappa shape index (κ1) is 20.7. The molecule has 0 saturated carbocycles. The Labute approximate surface area is 162 Å². The molecule has 3 nitrogen and oxygen atoms in total. The Kier molecular flexibility index (Phi) is 8.05. The summed E-state index contributed by atoms with van der Waals surface area (Å²) >= 11 is 0. The Hall–Kier alpha value is -2.62. The van der Waals surface area contributed by atoms with Crippen molar-refractivity contribution in [2.75, 3.05) is 13.7 Å². The van der Waals surface area contributed by atoms with Crippen molar-refractivity contribution < 1.29 is 14.6 Å². The van der Waals surface area contributed by atoms with Gasteiger partial charge in [0.2, 0.25) is 0 Å². The lowest BCUT2D eigenvalue weighted by molar-refractivity contribution is 0.0824. The van der Waals surface area contributed by atoms with Gasteiger partial charge in [-0.25, -0.2) is 0 Å². The van der Waals surface area contributed by atoms with Crippen LogP contribution in [-0.2, 0) is 16.8 Å². The van der Waals surface area contributed by atoms with Crippen LogP contribution < -0.4 is 4.74 Å². The number of para-hydroxylation sites is 1. The third kappa shape index (κ3) is 6.55. The molecule has 0 amide bonds. The van der Waals surface area contributed by atoms with Gasteiger partial charge in [0, 0.05) is 12.5 Å². The highest BCUT2D eigenvalue weighted by atomic mass is 16.5. The van der Waals surface area contributed by atoms with E-state index >= 15 is 0 Å². The first-order chi connectivity index (χ1) is 13.1. The SMILES string of the molecule is CC(C)(COCc1cccc(Oc2ccccc2)c1)c1ccccc1.CO. The fraction of sp³-hybridized carbons (Fsp3) is 0.250. The molecule has 0 atom stereocenters. The first-order valence-electron chi connectivity index (χ1n) is 9.03. The van der Waals surface area contributed by atoms with Gasteiger partial charge in [0.05, 0.1) is 13.2 Å². The first-order valence-corrected chi connectivity index (χ1v) is 9.03. The molecule has 0 saturated heterocycles. The van der Waals surface area contributed by atoms with Gasteiger partial charge in [-0.1, -0.05) is 74.5 Å². The Bertz CT molecular complexity index is 783. The van der Waals surface area contributed by atoms with Crippen molar-refractivity contribution >= 4 is 0 Å². The van der Waals surface area contributed by atoms with Gasteiger partial charge in [0.1, 0.15) is 11.5 Å². The summed E-state index contributed by atoms with van der Waals surface area (Å²) in [7, 11) is 1.00. The van der Waals surface area contributed by atoms with Crippen LogP contribution in [0.5, 0.6) is 11.5 Å². The summed E-state index contributed by atoms with van der Waals surface area (Å²) in [5.74, 6) is 1.67. The molecule has 0 heterocycles. The second-order valence-corrected chi connectivity index (χ2v) is 6.81. The number of rotatable bonds is 7. The van der Waals surface area contributed by atoms with E-state index in [2.05, 4.69) is 44.2 Å². The summed E-state index contributed by atoms with van der Waals surface area (Å²) in [6.45, 7) is 5.65. The molecule has 3 aromatic carbocycles. The number of hydrogen-bond donors (Lipinski definition) is 1. The van der Waals surface area contributed by atoms with Gasteiger partial charge in [-0.2, -0.15) is 0 Å². The maximum absolute atomic E-state index is 7.00. The minimum absolute atomic E-state index is 0.0145. The van der Waals surface area contributed by atoms with Crippen LogP contribution in [0.3, 0.4) is 0 Å². The lowest BCUT2D eigenvalue weighted by Gasteiger charge is -2.25. The molecule has 3 aromatic rings. The molecule has 3 rings (SSSR count). The minimum Gasteiger partial charge on any atom is -0.457 e. The van der Waals surface area contributed by atoms with Gasteiger partial charge < -0.3 is 14.6 Å². The van der Waals surface area contributed by atoms with Gasteiger partial charge in [-0.3, -0.25) is 0 Å². The highest BCUT2D eigenvalue weighted by Crippen LogP contribution is 2.25. The molecule has 0 aliphatic rings. The smallest absolute Gasteiger partial charge is 0.127 e. The Morgan fingerprint density at radius 2 is 1.33 bits per heavy atom. The monoisotopic (exact) mass is 364 g/mol. The van der Waals surface area contributed by atoms with Crippen LogP contribution in [-0.4, -0.2) is 18.8 Å². The molecular weight excluding hydrogens is 336 g/mol. The van der Waals surface area contributed by atoms with Gasteiger partial charge >= 0.3 is 0 Å². The maximum atomic E-state index is 7.00. The number of hydrogen-bond acceptors (Lipinski definition) is 3. The van der Waals surface area contributed by atoms with Crippen LogP contribution in [0.1, 0.15) is 25.0 Å². The topological polar surface area (TPSA) is 38.7 Å².